The molecule has 0 aliphatic carbocycles. The molecule has 128 valence electrons. The van der Waals surface area contributed by atoms with Gasteiger partial charge < -0.3 is 24.9 Å². The Morgan fingerprint density at radius 2 is 2.39 bits per heavy atom. The Bertz CT molecular complexity index is 479. The Labute approximate surface area is 137 Å². The number of nitrogens with one attached hydrogen (secondary N) is 2. The third-order valence-corrected chi connectivity index (χ3v) is 4.06. The zero-order valence-corrected chi connectivity index (χ0v) is 13.6. The molecule has 0 amide bonds. The lowest BCUT2D eigenvalue weighted by Crippen LogP contribution is -2.40. The summed E-state index contributed by atoms with van der Waals surface area (Å²) in [6.45, 7) is 7.32. The molecule has 3 N–H and O–H groups in total. The molecule has 2 rings (SSSR count). The minimum atomic E-state index is -0.0431. The minimum absolute atomic E-state index is 0.0431. The van der Waals surface area contributed by atoms with Crippen LogP contribution in [0, 0.1) is 5.41 Å². The van der Waals surface area contributed by atoms with Crippen molar-refractivity contribution in [1.29, 1.82) is 0 Å². The van der Waals surface area contributed by atoms with Crippen molar-refractivity contribution in [2.75, 3.05) is 39.5 Å². The number of ether oxygens (including phenoxy) is 1. The molecule has 1 unspecified atom stereocenters. The number of nitrogens with zero attached hydrogens (tertiary/aromatic N) is 1. The number of aliphatic hydroxyl groups excluding tert-OH is 1. The molecule has 0 bridgehead atoms. The van der Waals surface area contributed by atoms with Crippen LogP contribution in [-0.4, -0.2) is 50.5 Å². The summed E-state index contributed by atoms with van der Waals surface area (Å²) in [6.07, 6.45) is 5.94. The molecule has 23 heavy (non-hydrogen) atoms. The lowest BCUT2D eigenvalue weighted by molar-refractivity contribution is 0.131. The van der Waals surface area contributed by atoms with Crippen LogP contribution in [0.4, 0.5) is 0 Å². The van der Waals surface area contributed by atoms with Crippen LogP contribution in [0.1, 0.15) is 18.6 Å². The zero-order chi connectivity index (χ0) is 16.4. The minimum Gasteiger partial charge on any atom is -0.469 e. The maximum atomic E-state index is 9.29. The highest BCUT2D eigenvalue weighted by molar-refractivity contribution is 5.79. The molecular formula is C17H27N3O3. The predicted molar refractivity (Wildman–Crippen MR) is 90.5 cm³/mol. The highest BCUT2D eigenvalue weighted by Gasteiger charge is 2.34. The summed E-state index contributed by atoms with van der Waals surface area (Å²) in [4.78, 5) is 4.68. The molecule has 0 saturated carbocycles. The van der Waals surface area contributed by atoms with Crippen molar-refractivity contribution in [3.8, 4) is 0 Å². The van der Waals surface area contributed by atoms with E-state index >= 15 is 0 Å². The first kappa shape index (κ1) is 17.6. The summed E-state index contributed by atoms with van der Waals surface area (Å²) in [7, 11) is 0. The van der Waals surface area contributed by atoms with Crippen molar-refractivity contribution < 1.29 is 14.3 Å². The van der Waals surface area contributed by atoms with Crippen molar-refractivity contribution in [3.05, 3.63) is 36.8 Å². The van der Waals surface area contributed by atoms with E-state index in [1.165, 1.54) is 0 Å². The van der Waals surface area contributed by atoms with Gasteiger partial charge in [-0.3, -0.25) is 4.99 Å². The van der Waals surface area contributed by atoms with E-state index in [1.54, 1.807) is 12.3 Å². The predicted octanol–water partition coefficient (Wildman–Crippen LogP) is 1.33. The van der Waals surface area contributed by atoms with E-state index < -0.39 is 0 Å². The van der Waals surface area contributed by atoms with Crippen LogP contribution in [0.5, 0.6) is 0 Å². The van der Waals surface area contributed by atoms with E-state index in [2.05, 4.69) is 22.2 Å². The molecule has 6 heteroatoms. The maximum absolute atomic E-state index is 9.29. The first-order chi connectivity index (χ1) is 11.3. The Morgan fingerprint density at radius 1 is 1.48 bits per heavy atom. The summed E-state index contributed by atoms with van der Waals surface area (Å²) in [5, 5.41) is 15.8. The largest absolute Gasteiger partial charge is 0.469 e. The van der Waals surface area contributed by atoms with Gasteiger partial charge in [0.15, 0.2) is 5.96 Å². The topological polar surface area (TPSA) is 79.0 Å². The van der Waals surface area contributed by atoms with Gasteiger partial charge in [-0.25, -0.2) is 0 Å². The van der Waals surface area contributed by atoms with Gasteiger partial charge in [0.2, 0.25) is 0 Å². The number of rotatable bonds is 9. The normalized spacial score (nSPS) is 21.3. The number of hydrogen-bond acceptors (Lipinski definition) is 4. The summed E-state index contributed by atoms with van der Waals surface area (Å²) in [5.74, 6) is 1.70. The van der Waals surface area contributed by atoms with Crippen LogP contribution in [0.3, 0.4) is 0 Å². The van der Waals surface area contributed by atoms with Gasteiger partial charge in [0.25, 0.3) is 0 Å². The molecule has 0 spiro atoms. The number of aliphatic imine (C=N–C) groups is 1. The Kier molecular flexibility index (Phi) is 7.16. The van der Waals surface area contributed by atoms with Crippen molar-refractivity contribution in [1.82, 2.24) is 10.6 Å². The van der Waals surface area contributed by atoms with Gasteiger partial charge in [0.05, 0.1) is 19.4 Å². The zero-order valence-electron chi connectivity index (χ0n) is 13.6. The van der Waals surface area contributed by atoms with Gasteiger partial charge in [0.1, 0.15) is 5.76 Å². The van der Waals surface area contributed by atoms with Crippen LogP contribution >= 0.6 is 0 Å². The van der Waals surface area contributed by atoms with Gasteiger partial charge in [-0.15, -0.1) is 6.58 Å². The Balaban J connectivity index is 1.88. The van der Waals surface area contributed by atoms with E-state index in [9.17, 15) is 5.11 Å². The van der Waals surface area contributed by atoms with Crippen LogP contribution < -0.4 is 10.6 Å². The van der Waals surface area contributed by atoms with Crippen LogP contribution in [0.15, 0.2) is 40.5 Å². The summed E-state index contributed by atoms with van der Waals surface area (Å²) >= 11 is 0. The molecule has 1 aliphatic rings. The third kappa shape index (κ3) is 5.73. The maximum Gasteiger partial charge on any atom is 0.191 e. The number of guanidine groups is 1. The lowest BCUT2D eigenvalue weighted by atomic mass is 9.84. The molecule has 6 nitrogen and oxygen atoms in total. The molecule has 0 aromatic carbocycles. The highest BCUT2D eigenvalue weighted by Crippen LogP contribution is 2.32. The van der Waals surface area contributed by atoms with Gasteiger partial charge in [-0.2, -0.15) is 0 Å². The Morgan fingerprint density at radius 3 is 3.04 bits per heavy atom. The standard InChI is InChI=1S/C17H27N3O3/c1-2-8-18-16(19-9-5-15-4-3-11-23-15)20-13-17(6-10-21)7-12-22-14-17/h2-4,11,21H,1,5-10,12-14H2,(H2,18,19,20). The molecule has 2 heterocycles. The van der Waals surface area contributed by atoms with Gasteiger partial charge in [-0.1, -0.05) is 6.08 Å². The fourth-order valence-electron chi connectivity index (χ4n) is 2.64. The van der Waals surface area contributed by atoms with E-state index in [4.69, 9.17) is 9.15 Å². The van der Waals surface area contributed by atoms with Crippen LogP contribution in [0.2, 0.25) is 0 Å². The van der Waals surface area contributed by atoms with E-state index in [0.717, 1.165) is 44.1 Å². The molecule has 1 fully saturated rings. The Hall–Kier alpha value is -1.79. The van der Waals surface area contributed by atoms with Crippen molar-refractivity contribution >= 4 is 5.96 Å². The van der Waals surface area contributed by atoms with E-state index in [1.807, 2.05) is 12.1 Å². The van der Waals surface area contributed by atoms with Crippen LogP contribution in [0.25, 0.3) is 0 Å². The molecule has 0 radical (unpaired) electrons. The first-order valence-corrected chi connectivity index (χ1v) is 8.12. The molecule has 1 aromatic rings. The summed E-state index contributed by atoms with van der Waals surface area (Å²) in [5.41, 5.74) is -0.0431. The van der Waals surface area contributed by atoms with Crippen molar-refractivity contribution in [2.45, 2.75) is 19.3 Å². The summed E-state index contributed by atoms with van der Waals surface area (Å²) < 4.78 is 10.8. The molecule has 1 atom stereocenters. The van der Waals surface area contributed by atoms with Gasteiger partial charge in [0, 0.05) is 38.1 Å². The number of aliphatic hydroxyl groups is 1. The quantitative estimate of drug-likeness (QED) is 0.363. The molecular weight excluding hydrogens is 294 g/mol. The second-order valence-corrected chi connectivity index (χ2v) is 5.87. The van der Waals surface area contributed by atoms with Gasteiger partial charge >= 0.3 is 0 Å². The summed E-state index contributed by atoms with van der Waals surface area (Å²) in [6, 6.07) is 3.85. The lowest BCUT2D eigenvalue weighted by Gasteiger charge is -2.24. The molecule has 1 aliphatic heterocycles. The molecule has 1 saturated heterocycles. The van der Waals surface area contributed by atoms with Crippen LogP contribution in [-0.2, 0) is 11.2 Å². The number of furan rings is 1. The second kappa shape index (κ2) is 9.37. The smallest absolute Gasteiger partial charge is 0.191 e. The van der Waals surface area contributed by atoms with E-state index in [0.29, 0.717) is 19.7 Å². The third-order valence-electron chi connectivity index (χ3n) is 4.06. The van der Waals surface area contributed by atoms with Gasteiger partial charge in [-0.05, 0) is 25.0 Å². The van der Waals surface area contributed by atoms with Crippen molar-refractivity contribution in [2.24, 2.45) is 10.4 Å². The average Bonchev–Trinajstić information content (AvgIpc) is 3.22. The second-order valence-electron chi connectivity index (χ2n) is 5.87. The first-order valence-electron chi connectivity index (χ1n) is 8.12. The number of hydrogen-bond donors (Lipinski definition) is 3. The average molecular weight is 321 g/mol. The fraction of sp³-hybridized carbons (Fsp3) is 0.588. The molecule has 1 aromatic heterocycles. The monoisotopic (exact) mass is 321 g/mol. The van der Waals surface area contributed by atoms with Crippen molar-refractivity contribution in [3.63, 3.8) is 0 Å². The van der Waals surface area contributed by atoms with E-state index in [-0.39, 0.29) is 12.0 Å². The highest BCUT2D eigenvalue weighted by atomic mass is 16.5. The fourth-order valence-corrected chi connectivity index (χ4v) is 2.64. The SMILES string of the molecule is C=CCNC(=NCC1(CCO)CCOC1)NCCc1ccco1.